The number of ether oxygens (including phenoxy) is 1. The molecule has 1 heterocycles. The van der Waals surface area contributed by atoms with Crippen molar-refractivity contribution in [1.82, 2.24) is 4.98 Å². The number of aromatic nitrogens is 1. The Bertz CT molecular complexity index is 1230. The zero-order valence-corrected chi connectivity index (χ0v) is 18.5. The fourth-order valence-corrected chi connectivity index (χ4v) is 3.78. The van der Waals surface area contributed by atoms with Gasteiger partial charge in [0.1, 0.15) is 23.7 Å². The molecule has 10 heteroatoms. The summed E-state index contributed by atoms with van der Waals surface area (Å²) < 4.78 is 33.4. The van der Waals surface area contributed by atoms with E-state index in [1.165, 1.54) is 24.4 Å². The normalized spacial score (nSPS) is 14.1. The SMILES string of the molecule is O=C(Nc1ccc(-c2ccc(OCC3(C(=O)O)CCC3)nc2)c(F)c1)Nc1ccc(F)cc1Cl. The molecule has 0 atom stereocenters. The number of benzene rings is 2. The minimum absolute atomic E-state index is 0.0300. The number of nitrogens with zero attached hydrogens (tertiary/aromatic N) is 1. The van der Waals surface area contributed by atoms with Gasteiger partial charge in [-0.05, 0) is 55.3 Å². The topological polar surface area (TPSA) is 101 Å². The van der Waals surface area contributed by atoms with Gasteiger partial charge in [0, 0.05) is 29.1 Å². The second-order valence-electron chi connectivity index (χ2n) is 8.01. The molecule has 34 heavy (non-hydrogen) atoms. The Morgan fingerprint density at radius 2 is 1.88 bits per heavy atom. The number of pyridine rings is 1. The van der Waals surface area contributed by atoms with Crippen LogP contribution in [0.25, 0.3) is 11.1 Å². The van der Waals surface area contributed by atoms with E-state index in [0.29, 0.717) is 18.4 Å². The van der Waals surface area contributed by atoms with Crippen LogP contribution in [0.2, 0.25) is 5.02 Å². The van der Waals surface area contributed by atoms with Crippen molar-refractivity contribution in [2.24, 2.45) is 5.41 Å². The highest BCUT2D eigenvalue weighted by Crippen LogP contribution is 2.41. The summed E-state index contributed by atoms with van der Waals surface area (Å²) in [6, 6.07) is 10.2. The van der Waals surface area contributed by atoms with Gasteiger partial charge in [-0.3, -0.25) is 4.79 Å². The molecule has 0 bridgehead atoms. The van der Waals surface area contributed by atoms with Crippen LogP contribution in [0.4, 0.5) is 25.0 Å². The fourth-order valence-electron chi connectivity index (χ4n) is 3.56. The monoisotopic (exact) mass is 487 g/mol. The van der Waals surface area contributed by atoms with Crippen LogP contribution in [0, 0.1) is 17.0 Å². The maximum Gasteiger partial charge on any atom is 0.323 e. The standard InChI is InChI=1S/C24H20ClF2N3O4/c25-18-10-15(26)3-6-20(18)30-23(33)29-16-4-5-17(19(27)11-16)14-2-7-21(28-12-14)34-13-24(22(31)32)8-1-9-24/h2-7,10-12H,1,8-9,13H2,(H,31,32)(H2,29,30,33). The first kappa shape index (κ1) is 23.4. The molecule has 1 aliphatic rings. The molecule has 4 rings (SSSR count). The van der Waals surface area contributed by atoms with Crippen LogP contribution in [-0.2, 0) is 4.79 Å². The van der Waals surface area contributed by atoms with E-state index in [1.807, 2.05) is 0 Å². The number of rotatable bonds is 7. The van der Waals surface area contributed by atoms with E-state index in [0.717, 1.165) is 24.6 Å². The Kier molecular flexibility index (Phi) is 6.65. The number of aliphatic carboxylic acids is 1. The molecule has 0 radical (unpaired) electrons. The molecule has 1 aliphatic carbocycles. The van der Waals surface area contributed by atoms with Crippen molar-refractivity contribution in [2.45, 2.75) is 19.3 Å². The maximum atomic E-state index is 14.7. The summed E-state index contributed by atoms with van der Waals surface area (Å²) in [7, 11) is 0. The summed E-state index contributed by atoms with van der Waals surface area (Å²) in [5, 5.41) is 14.3. The Labute approximate surface area is 198 Å². The van der Waals surface area contributed by atoms with Gasteiger partial charge >= 0.3 is 12.0 Å². The second kappa shape index (κ2) is 9.64. The highest BCUT2D eigenvalue weighted by Gasteiger charge is 2.45. The number of urea groups is 1. The zero-order chi connectivity index (χ0) is 24.3. The first-order valence-corrected chi connectivity index (χ1v) is 10.8. The molecule has 2 aromatic carbocycles. The van der Waals surface area contributed by atoms with E-state index in [1.54, 1.807) is 12.1 Å². The Balaban J connectivity index is 1.38. The molecule has 1 aromatic heterocycles. The van der Waals surface area contributed by atoms with Gasteiger partial charge in [0.15, 0.2) is 0 Å². The highest BCUT2D eigenvalue weighted by atomic mass is 35.5. The molecule has 176 valence electrons. The van der Waals surface area contributed by atoms with Crippen molar-refractivity contribution in [3.8, 4) is 17.0 Å². The van der Waals surface area contributed by atoms with Crippen molar-refractivity contribution >= 4 is 35.0 Å². The second-order valence-corrected chi connectivity index (χ2v) is 8.42. The number of carboxylic acids is 1. The fraction of sp³-hybridized carbons (Fsp3) is 0.208. The number of nitrogens with one attached hydrogen (secondary N) is 2. The third-order valence-corrected chi connectivity index (χ3v) is 6.03. The zero-order valence-electron chi connectivity index (χ0n) is 17.8. The molecular weight excluding hydrogens is 468 g/mol. The molecule has 0 spiro atoms. The smallest absolute Gasteiger partial charge is 0.323 e. The van der Waals surface area contributed by atoms with Gasteiger partial charge in [0.2, 0.25) is 5.88 Å². The molecule has 0 saturated heterocycles. The first-order valence-electron chi connectivity index (χ1n) is 10.4. The van der Waals surface area contributed by atoms with Crippen molar-refractivity contribution in [3.63, 3.8) is 0 Å². The van der Waals surface area contributed by atoms with Crippen molar-refractivity contribution < 1.29 is 28.2 Å². The lowest BCUT2D eigenvalue weighted by Gasteiger charge is -2.36. The third-order valence-electron chi connectivity index (χ3n) is 5.71. The predicted octanol–water partition coefficient (Wildman–Crippen LogP) is 5.96. The van der Waals surface area contributed by atoms with Crippen LogP contribution >= 0.6 is 11.6 Å². The molecule has 7 nitrogen and oxygen atoms in total. The van der Waals surface area contributed by atoms with Gasteiger partial charge < -0.3 is 20.5 Å². The van der Waals surface area contributed by atoms with Gasteiger partial charge in [-0.2, -0.15) is 0 Å². The van der Waals surface area contributed by atoms with Crippen LogP contribution in [-0.4, -0.2) is 28.7 Å². The maximum absolute atomic E-state index is 14.7. The molecule has 2 amide bonds. The summed E-state index contributed by atoms with van der Waals surface area (Å²) in [5.74, 6) is -1.75. The third kappa shape index (κ3) is 5.09. The number of carboxylic acid groups (broad SMARTS) is 1. The van der Waals surface area contributed by atoms with E-state index >= 15 is 0 Å². The Morgan fingerprint density at radius 1 is 1.09 bits per heavy atom. The van der Waals surface area contributed by atoms with Gasteiger partial charge in [-0.25, -0.2) is 18.6 Å². The van der Waals surface area contributed by atoms with E-state index < -0.39 is 29.0 Å². The van der Waals surface area contributed by atoms with Gasteiger partial charge in [0.25, 0.3) is 0 Å². The number of carbonyl (C=O) groups excluding carboxylic acids is 1. The molecule has 3 N–H and O–H groups in total. The lowest BCUT2D eigenvalue weighted by molar-refractivity contribution is -0.157. The van der Waals surface area contributed by atoms with Crippen LogP contribution in [0.1, 0.15) is 19.3 Å². The van der Waals surface area contributed by atoms with Crippen molar-refractivity contribution in [1.29, 1.82) is 0 Å². The van der Waals surface area contributed by atoms with Crippen LogP contribution in [0.5, 0.6) is 5.88 Å². The van der Waals surface area contributed by atoms with Crippen LogP contribution < -0.4 is 15.4 Å². The van der Waals surface area contributed by atoms with E-state index in [9.17, 15) is 23.5 Å². The summed E-state index contributed by atoms with van der Waals surface area (Å²) in [5.41, 5.74) is 0.286. The van der Waals surface area contributed by atoms with Crippen LogP contribution in [0.3, 0.4) is 0 Å². The van der Waals surface area contributed by atoms with Gasteiger partial charge in [0.05, 0.1) is 10.7 Å². The number of hydrogen-bond acceptors (Lipinski definition) is 4. The molecular formula is C24H20ClF2N3O4. The minimum atomic E-state index is -0.874. The summed E-state index contributed by atoms with van der Waals surface area (Å²) in [6.45, 7) is 0.0363. The van der Waals surface area contributed by atoms with Crippen molar-refractivity contribution in [2.75, 3.05) is 17.2 Å². The molecule has 0 unspecified atom stereocenters. The predicted molar refractivity (Wildman–Crippen MR) is 123 cm³/mol. The molecule has 1 saturated carbocycles. The average Bonchev–Trinajstić information content (AvgIpc) is 2.75. The van der Waals surface area contributed by atoms with Gasteiger partial charge in [-0.15, -0.1) is 0 Å². The summed E-state index contributed by atoms with van der Waals surface area (Å²) in [6.07, 6.45) is 3.42. The lowest BCUT2D eigenvalue weighted by Crippen LogP contribution is -2.43. The average molecular weight is 488 g/mol. The van der Waals surface area contributed by atoms with E-state index in [-0.39, 0.29) is 34.4 Å². The van der Waals surface area contributed by atoms with E-state index in [4.69, 9.17) is 16.3 Å². The number of halogens is 3. The minimum Gasteiger partial charge on any atom is -0.481 e. The molecule has 0 aliphatic heterocycles. The van der Waals surface area contributed by atoms with Gasteiger partial charge in [-0.1, -0.05) is 18.0 Å². The summed E-state index contributed by atoms with van der Waals surface area (Å²) >= 11 is 5.88. The first-order chi connectivity index (χ1) is 16.3. The Morgan fingerprint density at radius 3 is 2.47 bits per heavy atom. The van der Waals surface area contributed by atoms with Crippen LogP contribution in [0.15, 0.2) is 54.7 Å². The summed E-state index contributed by atoms with van der Waals surface area (Å²) in [4.78, 5) is 27.7. The van der Waals surface area contributed by atoms with E-state index in [2.05, 4.69) is 15.6 Å². The number of carbonyl (C=O) groups is 2. The highest BCUT2D eigenvalue weighted by molar-refractivity contribution is 6.33. The Hall–Kier alpha value is -3.72. The van der Waals surface area contributed by atoms with Crippen molar-refractivity contribution in [3.05, 3.63) is 71.4 Å². The molecule has 1 fully saturated rings. The largest absolute Gasteiger partial charge is 0.481 e. The number of amides is 2. The lowest BCUT2D eigenvalue weighted by atomic mass is 9.69. The molecule has 3 aromatic rings. The number of anilines is 2. The quantitative estimate of drug-likeness (QED) is 0.382. The number of hydrogen-bond donors (Lipinski definition) is 3.